The molecule has 1 N–H and O–H groups in total. The second-order valence-corrected chi connectivity index (χ2v) is 3.52. The summed E-state index contributed by atoms with van der Waals surface area (Å²) in [6.07, 6.45) is 0.517. The molecule has 0 aromatic heterocycles. The minimum absolute atomic E-state index is 0.143. The van der Waals surface area contributed by atoms with Crippen LogP contribution in [-0.2, 0) is 0 Å². The Labute approximate surface area is 102 Å². The Bertz CT molecular complexity index is 515. The number of carbonyl (C=O) groups is 1. The summed E-state index contributed by atoms with van der Waals surface area (Å²) in [5.74, 6) is 0.391. The van der Waals surface area contributed by atoms with Crippen molar-refractivity contribution >= 4 is 16.6 Å². The Morgan fingerprint density at radius 1 is 1.06 bits per heavy atom. The number of hydrogen-bond acceptors (Lipinski definition) is 2. The van der Waals surface area contributed by atoms with E-state index < -0.39 is 0 Å². The summed E-state index contributed by atoms with van der Waals surface area (Å²) in [6, 6.07) is 10.7. The normalized spacial score (nSPS) is 9.59. The number of aromatic hydroxyl groups is 1. The van der Waals surface area contributed by atoms with E-state index in [1.54, 1.807) is 18.2 Å². The van der Waals surface area contributed by atoms with Crippen LogP contribution in [0, 0.1) is 0 Å². The molecule has 0 aliphatic rings. The molecule has 0 spiro atoms. The lowest BCUT2D eigenvalue weighted by molar-refractivity contribution is 0.0988. The van der Waals surface area contributed by atoms with Crippen LogP contribution in [0.3, 0.4) is 0 Å². The predicted octanol–water partition coefficient (Wildman–Crippen LogP) is 4.16. The molecule has 2 heteroatoms. The van der Waals surface area contributed by atoms with Crippen LogP contribution in [-0.4, -0.2) is 10.9 Å². The largest absolute Gasteiger partial charge is 0.508 e. The molecule has 0 saturated heterocycles. The van der Waals surface area contributed by atoms with Gasteiger partial charge in [0.15, 0.2) is 5.78 Å². The summed E-state index contributed by atoms with van der Waals surface area (Å²) in [5, 5.41) is 11.2. The molecule has 90 valence electrons. The third-order valence-electron chi connectivity index (χ3n) is 2.47. The lowest BCUT2D eigenvalue weighted by Gasteiger charge is -2.02. The minimum Gasteiger partial charge on any atom is -0.508 e. The zero-order valence-corrected chi connectivity index (χ0v) is 10.5. The summed E-state index contributed by atoms with van der Waals surface area (Å²) in [5.41, 5.74) is 0.732. The molecule has 0 unspecified atom stereocenters. The Hall–Kier alpha value is -1.83. The van der Waals surface area contributed by atoms with Crippen molar-refractivity contribution in [1.29, 1.82) is 0 Å². The van der Waals surface area contributed by atoms with Crippen molar-refractivity contribution in [2.75, 3.05) is 0 Å². The first-order valence-electron chi connectivity index (χ1n) is 5.96. The van der Waals surface area contributed by atoms with Crippen molar-refractivity contribution in [3.8, 4) is 5.75 Å². The highest BCUT2D eigenvalue weighted by atomic mass is 16.3. The molecule has 2 nitrogen and oxygen atoms in total. The van der Waals surface area contributed by atoms with Crippen LogP contribution in [0.1, 0.15) is 37.6 Å². The van der Waals surface area contributed by atoms with Gasteiger partial charge in [-0.1, -0.05) is 39.0 Å². The average molecular weight is 230 g/mol. The predicted molar refractivity (Wildman–Crippen MR) is 71.6 cm³/mol. The maximum Gasteiger partial charge on any atom is 0.162 e. The molecule has 2 rings (SSSR count). The average Bonchev–Trinajstić information content (AvgIpc) is 2.39. The standard InChI is InChI=1S/C13H12O2.C2H6/c1-2-13(15)11-4-3-10-8-12(14)6-5-9(10)7-11;1-2/h3-8,14H,2H2,1H3;1-2H3. The number of hydrogen-bond donors (Lipinski definition) is 1. The highest BCUT2D eigenvalue weighted by molar-refractivity contribution is 5.99. The van der Waals surface area contributed by atoms with Gasteiger partial charge in [-0.05, 0) is 29.0 Å². The number of rotatable bonds is 2. The Balaban J connectivity index is 0.000000686. The Morgan fingerprint density at radius 2 is 1.65 bits per heavy atom. The minimum atomic E-state index is 0.143. The highest BCUT2D eigenvalue weighted by Gasteiger charge is 2.03. The number of carbonyl (C=O) groups excluding carboxylic acids is 1. The fourth-order valence-corrected chi connectivity index (χ4v) is 1.61. The molecule has 0 radical (unpaired) electrons. The van der Waals surface area contributed by atoms with Gasteiger partial charge in [-0.15, -0.1) is 0 Å². The summed E-state index contributed by atoms with van der Waals surface area (Å²) >= 11 is 0. The van der Waals surface area contributed by atoms with Crippen LogP contribution in [0.2, 0.25) is 0 Å². The van der Waals surface area contributed by atoms with Crippen LogP contribution in [0.4, 0.5) is 0 Å². The maximum absolute atomic E-state index is 11.5. The van der Waals surface area contributed by atoms with Gasteiger partial charge in [-0.25, -0.2) is 0 Å². The number of ketones is 1. The van der Waals surface area contributed by atoms with E-state index >= 15 is 0 Å². The molecule has 0 amide bonds. The topological polar surface area (TPSA) is 37.3 Å². The fraction of sp³-hybridized carbons (Fsp3) is 0.267. The van der Waals surface area contributed by atoms with Crippen molar-refractivity contribution in [3.05, 3.63) is 42.0 Å². The van der Waals surface area contributed by atoms with Crippen LogP contribution in [0.15, 0.2) is 36.4 Å². The number of phenols is 1. The van der Waals surface area contributed by atoms with E-state index in [1.165, 1.54) is 0 Å². The van der Waals surface area contributed by atoms with Gasteiger partial charge in [0.1, 0.15) is 5.75 Å². The summed E-state index contributed by atoms with van der Waals surface area (Å²) in [7, 11) is 0. The van der Waals surface area contributed by atoms with Crippen LogP contribution in [0.5, 0.6) is 5.75 Å². The van der Waals surface area contributed by atoms with Crippen LogP contribution >= 0.6 is 0 Å². The second-order valence-electron chi connectivity index (χ2n) is 3.52. The molecule has 0 aliphatic carbocycles. The van der Waals surface area contributed by atoms with Gasteiger partial charge < -0.3 is 5.11 Å². The monoisotopic (exact) mass is 230 g/mol. The molecule has 0 atom stereocenters. The smallest absolute Gasteiger partial charge is 0.162 e. The second kappa shape index (κ2) is 6.04. The zero-order chi connectivity index (χ0) is 12.8. The van der Waals surface area contributed by atoms with Gasteiger partial charge in [0.2, 0.25) is 0 Å². The fourth-order valence-electron chi connectivity index (χ4n) is 1.61. The number of benzene rings is 2. The summed E-state index contributed by atoms with van der Waals surface area (Å²) in [6.45, 7) is 5.85. The van der Waals surface area contributed by atoms with E-state index in [4.69, 9.17) is 0 Å². The van der Waals surface area contributed by atoms with Crippen molar-refractivity contribution < 1.29 is 9.90 Å². The molecule has 0 heterocycles. The molecule has 17 heavy (non-hydrogen) atoms. The molecule has 0 fully saturated rings. The number of phenolic OH excluding ortho intramolecular Hbond substituents is 1. The lowest BCUT2D eigenvalue weighted by atomic mass is 10.0. The van der Waals surface area contributed by atoms with E-state index in [0.717, 1.165) is 16.3 Å². The van der Waals surface area contributed by atoms with Gasteiger partial charge in [0, 0.05) is 12.0 Å². The van der Waals surface area contributed by atoms with E-state index in [9.17, 15) is 9.90 Å². The van der Waals surface area contributed by atoms with Gasteiger partial charge in [-0.2, -0.15) is 0 Å². The van der Waals surface area contributed by atoms with E-state index in [0.29, 0.717) is 6.42 Å². The summed E-state index contributed by atoms with van der Waals surface area (Å²) < 4.78 is 0. The highest BCUT2D eigenvalue weighted by Crippen LogP contribution is 2.21. The molecular weight excluding hydrogens is 212 g/mol. The molecule has 0 bridgehead atoms. The molecule has 0 saturated carbocycles. The first kappa shape index (κ1) is 13.2. The van der Waals surface area contributed by atoms with E-state index in [-0.39, 0.29) is 11.5 Å². The molecule has 0 aliphatic heterocycles. The first-order chi connectivity index (χ1) is 8.20. The van der Waals surface area contributed by atoms with Gasteiger partial charge in [0.25, 0.3) is 0 Å². The van der Waals surface area contributed by atoms with Gasteiger partial charge in [-0.3, -0.25) is 4.79 Å². The quantitative estimate of drug-likeness (QED) is 0.786. The van der Waals surface area contributed by atoms with Gasteiger partial charge >= 0.3 is 0 Å². The van der Waals surface area contributed by atoms with Crippen molar-refractivity contribution in [3.63, 3.8) is 0 Å². The van der Waals surface area contributed by atoms with Crippen molar-refractivity contribution in [1.82, 2.24) is 0 Å². The van der Waals surface area contributed by atoms with E-state index in [1.807, 2.05) is 39.0 Å². The number of Topliss-reactive ketones (excluding diaryl/α,β-unsaturated/α-hetero) is 1. The third-order valence-corrected chi connectivity index (χ3v) is 2.47. The van der Waals surface area contributed by atoms with Crippen LogP contribution in [0.25, 0.3) is 10.8 Å². The molecule has 2 aromatic carbocycles. The SMILES string of the molecule is CC.CCC(=O)c1ccc2cc(O)ccc2c1. The molecular formula is C15H18O2. The first-order valence-corrected chi connectivity index (χ1v) is 5.96. The maximum atomic E-state index is 11.5. The Kier molecular flexibility index (Phi) is 4.70. The van der Waals surface area contributed by atoms with E-state index in [2.05, 4.69) is 0 Å². The Morgan fingerprint density at radius 3 is 2.29 bits per heavy atom. The number of fused-ring (bicyclic) bond motifs is 1. The third kappa shape index (κ3) is 3.06. The zero-order valence-electron chi connectivity index (χ0n) is 10.5. The molecule has 2 aromatic rings. The summed E-state index contributed by atoms with van der Waals surface area (Å²) in [4.78, 5) is 11.5. The lowest BCUT2D eigenvalue weighted by Crippen LogP contribution is -1.95. The van der Waals surface area contributed by atoms with Crippen LogP contribution < -0.4 is 0 Å². The van der Waals surface area contributed by atoms with Crippen molar-refractivity contribution in [2.24, 2.45) is 0 Å². The van der Waals surface area contributed by atoms with Gasteiger partial charge in [0.05, 0.1) is 0 Å². The van der Waals surface area contributed by atoms with Crippen molar-refractivity contribution in [2.45, 2.75) is 27.2 Å².